The van der Waals surface area contributed by atoms with Gasteiger partial charge in [-0.25, -0.2) is 8.42 Å². The smallest absolute Gasteiger partial charge is 0.311 e. The Morgan fingerprint density at radius 3 is 2.74 bits per heavy atom. The molecule has 172 valence electrons. The number of piperidine rings is 1. The SMILES string of the molecule is CCCCN(C(=O)COC(=O)C1CCCN(C(=O)c2cccs2)C1)C1CCS(=O)(=O)C1. The first-order valence-electron chi connectivity index (χ1n) is 10.8. The molecule has 0 radical (unpaired) electrons. The normalized spacial score (nSPS) is 22.8. The zero-order chi connectivity index (χ0) is 22.4. The maximum absolute atomic E-state index is 12.8. The van der Waals surface area contributed by atoms with Crippen LogP contribution in [0.25, 0.3) is 0 Å². The van der Waals surface area contributed by atoms with Crippen LogP contribution < -0.4 is 0 Å². The van der Waals surface area contributed by atoms with Crippen molar-refractivity contribution in [2.75, 3.05) is 37.7 Å². The second-order valence-corrected chi connectivity index (χ2v) is 11.3. The van der Waals surface area contributed by atoms with E-state index in [9.17, 15) is 22.8 Å². The average molecular weight is 471 g/mol. The summed E-state index contributed by atoms with van der Waals surface area (Å²) in [5.74, 6) is -1.32. The number of carbonyl (C=O) groups excluding carboxylic acids is 3. The molecule has 2 aliphatic heterocycles. The molecule has 0 aliphatic carbocycles. The number of rotatable bonds is 8. The van der Waals surface area contributed by atoms with Crippen molar-refractivity contribution < 1.29 is 27.5 Å². The molecule has 0 saturated carbocycles. The highest BCUT2D eigenvalue weighted by Crippen LogP contribution is 2.22. The highest BCUT2D eigenvalue weighted by Gasteiger charge is 2.35. The standard InChI is InChI=1S/C21H30N2O6S2/c1-2-3-10-23(17-8-12-31(27,28)15-17)19(24)14-29-21(26)16-6-4-9-22(13-16)20(25)18-7-5-11-30-18/h5,7,11,16-17H,2-4,6,8-10,12-15H2,1H3. The minimum absolute atomic E-state index is 0.0290. The number of amides is 2. The van der Waals surface area contributed by atoms with Crippen LogP contribution in [0.4, 0.5) is 0 Å². The fourth-order valence-corrected chi connectivity index (χ4v) is 6.53. The second-order valence-electron chi connectivity index (χ2n) is 8.17. The third kappa shape index (κ3) is 6.29. The van der Waals surface area contributed by atoms with Crippen LogP contribution in [-0.2, 0) is 24.2 Å². The Balaban J connectivity index is 1.54. The largest absolute Gasteiger partial charge is 0.455 e. The summed E-state index contributed by atoms with van der Waals surface area (Å²) in [6, 6.07) is 3.23. The van der Waals surface area contributed by atoms with Crippen LogP contribution in [0.1, 0.15) is 48.7 Å². The Kier molecular flexibility index (Phi) is 8.10. The summed E-state index contributed by atoms with van der Waals surface area (Å²) in [6.45, 7) is 2.94. The Bertz CT molecular complexity index is 884. The Morgan fingerprint density at radius 2 is 2.10 bits per heavy atom. The van der Waals surface area contributed by atoms with E-state index in [1.54, 1.807) is 15.9 Å². The van der Waals surface area contributed by atoms with Crippen LogP contribution in [0.5, 0.6) is 0 Å². The summed E-state index contributed by atoms with van der Waals surface area (Å²) in [6.07, 6.45) is 3.38. The minimum atomic E-state index is -3.12. The number of hydrogen-bond donors (Lipinski definition) is 0. The molecule has 2 fully saturated rings. The third-order valence-corrected chi connectivity index (χ3v) is 8.44. The molecule has 2 unspecified atom stereocenters. The Hall–Kier alpha value is -1.94. The lowest BCUT2D eigenvalue weighted by Gasteiger charge is -2.32. The molecule has 2 aliphatic rings. The van der Waals surface area contributed by atoms with Crippen LogP contribution in [0.3, 0.4) is 0 Å². The van der Waals surface area contributed by atoms with Gasteiger partial charge in [0.25, 0.3) is 11.8 Å². The lowest BCUT2D eigenvalue weighted by molar-refractivity contribution is -0.157. The number of esters is 1. The van der Waals surface area contributed by atoms with E-state index in [1.165, 1.54) is 11.3 Å². The number of thiophene rings is 1. The number of carbonyl (C=O) groups is 3. The number of nitrogens with zero attached hydrogens (tertiary/aromatic N) is 2. The van der Waals surface area contributed by atoms with Crippen LogP contribution in [0, 0.1) is 5.92 Å². The highest BCUT2D eigenvalue weighted by molar-refractivity contribution is 7.91. The van der Waals surface area contributed by atoms with Crippen molar-refractivity contribution in [1.82, 2.24) is 9.80 Å². The molecule has 8 nitrogen and oxygen atoms in total. The zero-order valence-electron chi connectivity index (χ0n) is 17.8. The van der Waals surface area contributed by atoms with Crippen molar-refractivity contribution in [3.05, 3.63) is 22.4 Å². The fourth-order valence-electron chi connectivity index (χ4n) is 4.10. The summed E-state index contributed by atoms with van der Waals surface area (Å²) >= 11 is 1.37. The van der Waals surface area contributed by atoms with Crippen molar-refractivity contribution in [3.63, 3.8) is 0 Å². The van der Waals surface area contributed by atoms with Gasteiger partial charge in [-0.2, -0.15) is 0 Å². The van der Waals surface area contributed by atoms with E-state index in [1.807, 2.05) is 18.4 Å². The molecule has 0 N–H and O–H groups in total. The molecule has 1 aromatic rings. The summed E-state index contributed by atoms with van der Waals surface area (Å²) in [7, 11) is -3.12. The molecular weight excluding hydrogens is 440 g/mol. The van der Waals surface area contributed by atoms with Gasteiger partial charge in [-0.15, -0.1) is 11.3 Å². The fraction of sp³-hybridized carbons (Fsp3) is 0.667. The molecule has 2 saturated heterocycles. The first-order chi connectivity index (χ1) is 14.8. The quantitative estimate of drug-likeness (QED) is 0.539. The lowest BCUT2D eigenvalue weighted by atomic mass is 9.98. The molecule has 0 bridgehead atoms. The van der Waals surface area contributed by atoms with E-state index in [4.69, 9.17) is 4.74 Å². The molecule has 31 heavy (non-hydrogen) atoms. The number of unbranched alkanes of at least 4 members (excludes halogenated alkanes) is 1. The van der Waals surface area contributed by atoms with Gasteiger partial charge in [0.15, 0.2) is 16.4 Å². The van der Waals surface area contributed by atoms with Gasteiger partial charge in [0.05, 0.1) is 22.3 Å². The molecule has 1 aromatic heterocycles. The lowest BCUT2D eigenvalue weighted by Crippen LogP contribution is -2.45. The summed E-state index contributed by atoms with van der Waals surface area (Å²) < 4.78 is 29.0. The first-order valence-corrected chi connectivity index (χ1v) is 13.5. The zero-order valence-corrected chi connectivity index (χ0v) is 19.5. The molecule has 0 spiro atoms. The van der Waals surface area contributed by atoms with E-state index in [0.29, 0.717) is 37.2 Å². The number of ether oxygens (including phenoxy) is 1. The number of sulfone groups is 1. The van der Waals surface area contributed by atoms with Gasteiger partial charge in [0.1, 0.15) is 0 Å². The summed E-state index contributed by atoms with van der Waals surface area (Å²) in [5.41, 5.74) is 0. The molecule has 2 amide bonds. The first kappa shape index (κ1) is 23.7. The van der Waals surface area contributed by atoms with E-state index in [-0.39, 0.29) is 35.9 Å². The van der Waals surface area contributed by atoms with Crippen LogP contribution in [-0.4, -0.2) is 79.8 Å². The van der Waals surface area contributed by atoms with Gasteiger partial charge < -0.3 is 14.5 Å². The van der Waals surface area contributed by atoms with Crippen molar-refractivity contribution in [2.24, 2.45) is 5.92 Å². The summed E-state index contributed by atoms with van der Waals surface area (Å²) in [5, 5.41) is 1.84. The Morgan fingerprint density at radius 1 is 1.29 bits per heavy atom. The van der Waals surface area contributed by atoms with E-state index in [2.05, 4.69) is 0 Å². The maximum atomic E-state index is 12.8. The van der Waals surface area contributed by atoms with Gasteiger partial charge in [0, 0.05) is 25.7 Å². The van der Waals surface area contributed by atoms with E-state index >= 15 is 0 Å². The maximum Gasteiger partial charge on any atom is 0.311 e. The van der Waals surface area contributed by atoms with Gasteiger partial charge >= 0.3 is 5.97 Å². The van der Waals surface area contributed by atoms with Crippen LogP contribution in [0.2, 0.25) is 0 Å². The van der Waals surface area contributed by atoms with Crippen LogP contribution in [0.15, 0.2) is 17.5 Å². The topological polar surface area (TPSA) is 101 Å². The van der Waals surface area contributed by atoms with Crippen molar-refractivity contribution in [1.29, 1.82) is 0 Å². The van der Waals surface area contributed by atoms with Gasteiger partial charge in [-0.05, 0) is 37.1 Å². The highest BCUT2D eigenvalue weighted by atomic mass is 32.2. The predicted octanol–water partition coefficient (Wildman–Crippen LogP) is 1.96. The van der Waals surface area contributed by atoms with Gasteiger partial charge in [-0.3, -0.25) is 14.4 Å². The third-order valence-electron chi connectivity index (χ3n) is 5.83. The van der Waals surface area contributed by atoms with E-state index in [0.717, 1.165) is 12.8 Å². The average Bonchev–Trinajstić information content (AvgIpc) is 3.41. The number of likely N-dealkylation sites (tertiary alicyclic amines) is 1. The molecule has 3 heterocycles. The Labute approximate surface area is 187 Å². The van der Waals surface area contributed by atoms with E-state index < -0.39 is 28.3 Å². The second kappa shape index (κ2) is 10.6. The molecule has 3 rings (SSSR count). The van der Waals surface area contributed by atoms with Gasteiger partial charge in [0.2, 0.25) is 0 Å². The van der Waals surface area contributed by atoms with Gasteiger partial charge in [-0.1, -0.05) is 19.4 Å². The molecule has 10 heteroatoms. The van der Waals surface area contributed by atoms with Crippen molar-refractivity contribution in [3.8, 4) is 0 Å². The molecule has 0 aromatic carbocycles. The molecule has 2 atom stereocenters. The monoisotopic (exact) mass is 470 g/mol. The van der Waals surface area contributed by atoms with Crippen LogP contribution >= 0.6 is 11.3 Å². The molecular formula is C21H30N2O6S2. The van der Waals surface area contributed by atoms with Crippen molar-refractivity contribution >= 4 is 39.0 Å². The number of hydrogen-bond acceptors (Lipinski definition) is 7. The van der Waals surface area contributed by atoms with Crippen molar-refractivity contribution in [2.45, 2.75) is 45.1 Å². The predicted molar refractivity (Wildman–Crippen MR) is 118 cm³/mol. The summed E-state index contributed by atoms with van der Waals surface area (Å²) in [4.78, 5) is 41.8. The minimum Gasteiger partial charge on any atom is -0.455 e.